The maximum Gasteiger partial charge on any atom is 0.106 e. The summed E-state index contributed by atoms with van der Waals surface area (Å²) in [6, 6.07) is 4.43. The summed E-state index contributed by atoms with van der Waals surface area (Å²) >= 11 is 1.88. The van der Waals surface area contributed by atoms with Crippen molar-refractivity contribution < 1.29 is 4.74 Å². The summed E-state index contributed by atoms with van der Waals surface area (Å²) in [4.78, 5) is 5.28. The first-order chi connectivity index (χ1) is 9.55. The Labute approximate surface area is 124 Å². The molecule has 5 heteroatoms. The van der Waals surface area contributed by atoms with Crippen molar-refractivity contribution in [2.75, 3.05) is 19.7 Å². The standard InChI is InChI=1S/C15H21N3OS/c1-12-4-5-14(20-12)10-18-6-7-19-15(2,11-18)13-8-16-17(3)9-13/h4-5,8-9H,6-7,10-11H2,1-3H3/t15-/m1/s1. The first kappa shape index (κ1) is 13.8. The molecule has 0 radical (unpaired) electrons. The average Bonchev–Trinajstić information content (AvgIpc) is 2.99. The van der Waals surface area contributed by atoms with Gasteiger partial charge in [-0.15, -0.1) is 11.3 Å². The fourth-order valence-electron chi connectivity index (χ4n) is 2.75. The summed E-state index contributed by atoms with van der Waals surface area (Å²) in [6.07, 6.45) is 3.97. The third-order valence-electron chi connectivity index (χ3n) is 3.84. The quantitative estimate of drug-likeness (QED) is 0.870. The van der Waals surface area contributed by atoms with Crippen molar-refractivity contribution >= 4 is 11.3 Å². The molecular formula is C15H21N3OS. The molecule has 108 valence electrons. The van der Waals surface area contributed by atoms with Crippen molar-refractivity contribution in [2.24, 2.45) is 7.05 Å². The average molecular weight is 291 g/mol. The summed E-state index contributed by atoms with van der Waals surface area (Å²) in [6.45, 7) is 8.01. The van der Waals surface area contributed by atoms with Gasteiger partial charge in [0.25, 0.3) is 0 Å². The molecule has 1 saturated heterocycles. The molecule has 1 fully saturated rings. The van der Waals surface area contributed by atoms with E-state index in [1.807, 2.05) is 29.3 Å². The van der Waals surface area contributed by atoms with Crippen LogP contribution in [0.25, 0.3) is 0 Å². The van der Waals surface area contributed by atoms with Crippen LogP contribution in [0, 0.1) is 6.92 Å². The summed E-state index contributed by atoms with van der Waals surface area (Å²) < 4.78 is 7.89. The lowest BCUT2D eigenvalue weighted by atomic mass is 9.97. The van der Waals surface area contributed by atoms with Crippen molar-refractivity contribution in [3.63, 3.8) is 0 Å². The molecule has 1 aliphatic rings. The third-order valence-corrected chi connectivity index (χ3v) is 4.83. The van der Waals surface area contributed by atoms with Gasteiger partial charge in [0, 0.05) is 48.2 Å². The number of thiophene rings is 1. The normalized spacial score (nSPS) is 24.1. The Morgan fingerprint density at radius 1 is 1.45 bits per heavy atom. The SMILES string of the molecule is Cc1ccc(CN2CCO[C@@](C)(c3cnn(C)c3)C2)s1. The fourth-order valence-corrected chi connectivity index (χ4v) is 3.68. The summed E-state index contributed by atoms with van der Waals surface area (Å²) in [5, 5.41) is 4.27. The first-order valence-corrected chi connectivity index (χ1v) is 7.77. The number of aromatic nitrogens is 2. The van der Waals surface area contributed by atoms with Crippen molar-refractivity contribution in [3.8, 4) is 0 Å². The minimum absolute atomic E-state index is 0.251. The largest absolute Gasteiger partial charge is 0.368 e. The van der Waals surface area contributed by atoms with Crippen LogP contribution in [-0.2, 0) is 23.9 Å². The highest BCUT2D eigenvalue weighted by molar-refractivity contribution is 7.11. The molecule has 3 heterocycles. The molecule has 0 N–H and O–H groups in total. The van der Waals surface area contributed by atoms with Gasteiger partial charge < -0.3 is 4.74 Å². The van der Waals surface area contributed by atoms with E-state index >= 15 is 0 Å². The van der Waals surface area contributed by atoms with E-state index in [9.17, 15) is 0 Å². The highest BCUT2D eigenvalue weighted by Gasteiger charge is 2.34. The molecular weight excluding hydrogens is 270 g/mol. The van der Waals surface area contributed by atoms with Crippen LogP contribution < -0.4 is 0 Å². The van der Waals surface area contributed by atoms with Crippen molar-refractivity contribution in [1.82, 2.24) is 14.7 Å². The second kappa shape index (κ2) is 5.31. The lowest BCUT2D eigenvalue weighted by molar-refractivity contribution is -0.105. The molecule has 0 spiro atoms. The molecule has 2 aromatic rings. The minimum Gasteiger partial charge on any atom is -0.368 e. The monoisotopic (exact) mass is 291 g/mol. The number of aryl methyl sites for hydroxylation is 2. The van der Waals surface area contributed by atoms with Gasteiger partial charge in [-0.2, -0.15) is 5.10 Å². The molecule has 20 heavy (non-hydrogen) atoms. The van der Waals surface area contributed by atoms with Crippen molar-refractivity contribution in [1.29, 1.82) is 0 Å². The van der Waals surface area contributed by atoms with Crippen LogP contribution in [0.5, 0.6) is 0 Å². The molecule has 1 aliphatic heterocycles. The van der Waals surface area contributed by atoms with Crippen LogP contribution in [0.1, 0.15) is 22.2 Å². The third kappa shape index (κ3) is 2.80. The number of morpholine rings is 1. The Morgan fingerprint density at radius 2 is 2.30 bits per heavy atom. The Balaban J connectivity index is 1.72. The van der Waals surface area contributed by atoms with Gasteiger partial charge in [0.2, 0.25) is 0 Å². The topological polar surface area (TPSA) is 30.3 Å². The second-order valence-corrected chi connectivity index (χ2v) is 7.08. The molecule has 0 aliphatic carbocycles. The van der Waals surface area contributed by atoms with Gasteiger partial charge in [0.05, 0.1) is 12.8 Å². The number of ether oxygens (including phenoxy) is 1. The zero-order chi connectivity index (χ0) is 14.2. The second-order valence-electron chi connectivity index (χ2n) is 5.71. The zero-order valence-electron chi connectivity index (χ0n) is 12.3. The van der Waals surface area contributed by atoms with Gasteiger partial charge in [0.1, 0.15) is 5.60 Å². The lowest BCUT2D eigenvalue weighted by Crippen LogP contribution is -2.47. The Hall–Kier alpha value is -1.17. The Morgan fingerprint density at radius 3 is 2.95 bits per heavy atom. The molecule has 2 aromatic heterocycles. The number of rotatable bonds is 3. The highest BCUT2D eigenvalue weighted by atomic mass is 32.1. The van der Waals surface area contributed by atoms with Crippen LogP contribution in [0.3, 0.4) is 0 Å². The van der Waals surface area contributed by atoms with E-state index in [1.54, 1.807) is 0 Å². The first-order valence-electron chi connectivity index (χ1n) is 6.96. The van der Waals surface area contributed by atoms with E-state index in [0.29, 0.717) is 0 Å². The van der Waals surface area contributed by atoms with Crippen LogP contribution in [0.4, 0.5) is 0 Å². The molecule has 0 bridgehead atoms. The number of hydrogen-bond acceptors (Lipinski definition) is 4. The molecule has 0 saturated carbocycles. The Bertz CT molecular complexity index is 591. The molecule has 0 aromatic carbocycles. The van der Waals surface area contributed by atoms with Gasteiger partial charge in [-0.3, -0.25) is 9.58 Å². The van der Waals surface area contributed by atoms with Gasteiger partial charge in [0.15, 0.2) is 0 Å². The van der Waals surface area contributed by atoms with E-state index in [-0.39, 0.29) is 5.60 Å². The van der Waals surface area contributed by atoms with E-state index in [2.05, 4.69) is 42.2 Å². The number of hydrogen-bond donors (Lipinski definition) is 0. The zero-order valence-corrected chi connectivity index (χ0v) is 13.1. The lowest BCUT2D eigenvalue weighted by Gasteiger charge is -2.40. The van der Waals surface area contributed by atoms with E-state index in [0.717, 1.165) is 31.8 Å². The van der Waals surface area contributed by atoms with Crippen LogP contribution in [-0.4, -0.2) is 34.4 Å². The van der Waals surface area contributed by atoms with Gasteiger partial charge in [-0.05, 0) is 26.0 Å². The van der Waals surface area contributed by atoms with Crippen LogP contribution in [0.15, 0.2) is 24.5 Å². The van der Waals surface area contributed by atoms with Crippen LogP contribution >= 0.6 is 11.3 Å². The predicted octanol–water partition coefficient (Wildman–Crippen LogP) is 2.54. The smallest absolute Gasteiger partial charge is 0.106 e. The molecule has 0 amide bonds. The van der Waals surface area contributed by atoms with E-state index < -0.39 is 0 Å². The van der Waals surface area contributed by atoms with Crippen molar-refractivity contribution in [3.05, 3.63) is 39.8 Å². The van der Waals surface area contributed by atoms with Crippen LogP contribution in [0.2, 0.25) is 0 Å². The van der Waals surface area contributed by atoms with Gasteiger partial charge in [-0.25, -0.2) is 0 Å². The van der Waals surface area contributed by atoms with Gasteiger partial charge >= 0.3 is 0 Å². The maximum absolute atomic E-state index is 6.05. The Kier molecular flexibility index (Phi) is 3.67. The van der Waals surface area contributed by atoms with E-state index in [4.69, 9.17) is 4.74 Å². The molecule has 3 rings (SSSR count). The summed E-state index contributed by atoms with van der Waals surface area (Å²) in [7, 11) is 1.95. The highest BCUT2D eigenvalue weighted by Crippen LogP contribution is 2.30. The fraction of sp³-hybridized carbons (Fsp3) is 0.533. The maximum atomic E-state index is 6.05. The minimum atomic E-state index is -0.251. The molecule has 4 nitrogen and oxygen atoms in total. The van der Waals surface area contributed by atoms with E-state index in [1.165, 1.54) is 9.75 Å². The summed E-state index contributed by atoms with van der Waals surface area (Å²) in [5.74, 6) is 0. The van der Waals surface area contributed by atoms with Crippen molar-refractivity contribution in [2.45, 2.75) is 26.0 Å². The molecule has 1 atom stereocenters. The van der Waals surface area contributed by atoms with Gasteiger partial charge in [-0.1, -0.05) is 0 Å². The number of nitrogens with zero attached hydrogens (tertiary/aromatic N) is 3. The summed E-state index contributed by atoms with van der Waals surface area (Å²) in [5.41, 5.74) is 0.908. The predicted molar refractivity (Wildman–Crippen MR) is 80.8 cm³/mol. The molecule has 0 unspecified atom stereocenters.